The lowest BCUT2D eigenvalue weighted by molar-refractivity contribution is -0.138. The molecule has 1 aliphatic heterocycles. The van der Waals surface area contributed by atoms with Crippen LogP contribution in [0.5, 0.6) is 5.75 Å². The van der Waals surface area contributed by atoms with E-state index in [0.29, 0.717) is 12.8 Å². The molecule has 1 aromatic heterocycles. The van der Waals surface area contributed by atoms with Crippen molar-refractivity contribution in [1.82, 2.24) is 20.2 Å². The molecule has 2 fully saturated rings. The van der Waals surface area contributed by atoms with Crippen LogP contribution in [0.15, 0.2) is 12.1 Å². The number of benzene rings is 1. The summed E-state index contributed by atoms with van der Waals surface area (Å²) in [6.07, 6.45) is 0.730. The smallest absolute Gasteiger partial charge is 0.356 e. The quantitative estimate of drug-likeness (QED) is 0.662. The zero-order valence-electron chi connectivity index (χ0n) is 12.4. The predicted molar refractivity (Wildman–Crippen MR) is 77.8 cm³/mol. The highest BCUT2D eigenvalue weighted by molar-refractivity contribution is 7.14. The fourth-order valence-corrected chi connectivity index (χ4v) is 3.61. The Morgan fingerprint density at radius 1 is 1.24 bits per heavy atom. The van der Waals surface area contributed by atoms with Crippen molar-refractivity contribution in [2.75, 3.05) is 0 Å². The number of phenolic OH excluding ortho intramolecular Hbond substituents is 1. The van der Waals surface area contributed by atoms with Crippen LogP contribution in [0.3, 0.4) is 0 Å². The number of hydrogen-bond donors (Lipinski definition) is 1. The first-order valence-corrected chi connectivity index (χ1v) is 7.98. The Hall–Kier alpha value is -2.69. The minimum Gasteiger partial charge on any atom is -0.503 e. The summed E-state index contributed by atoms with van der Waals surface area (Å²) in [7, 11) is 0. The number of imide groups is 1. The maximum Gasteiger partial charge on any atom is 0.356 e. The van der Waals surface area contributed by atoms with Gasteiger partial charge in [-0.25, -0.2) is 13.6 Å². The van der Waals surface area contributed by atoms with Crippen LogP contribution < -0.4 is 0 Å². The van der Waals surface area contributed by atoms with E-state index >= 15 is 0 Å². The van der Waals surface area contributed by atoms with Crippen LogP contribution in [0.1, 0.15) is 17.8 Å². The third-order valence-corrected chi connectivity index (χ3v) is 5.21. The molecule has 1 aliphatic carbocycles. The number of carbonyl (C=O) groups excluding carboxylic acids is 2. The lowest BCUT2D eigenvalue weighted by atomic mass is 10.2. The number of halogens is 3. The first kappa shape index (κ1) is 15.8. The lowest BCUT2D eigenvalue weighted by Crippen LogP contribution is -2.36. The standard InChI is InChI=1S/C14H9F3N4O3S/c15-7-2-1-6(9(16)10(7)22)11-19-18-8(25-11)5-20-13(24)21(17)12(23)14(20)3-4-14/h1-2,22H,3-5H2. The maximum atomic E-state index is 13.9. The van der Waals surface area contributed by atoms with Gasteiger partial charge in [0.15, 0.2) is 22.4 Å². The fourth-order valence-electron chi connectivity index (χ4n) is 2.76. The number of hydrogen-bond acceptors (Lipinski definition) is 6. The van der Waals surface area contributed by atoms with Gasteiger partial charge in [-0.2, -0.15) is 0 Å². The Kier molecular flexibility index (Phi) is 3.26. The highest BCUT2D eigenvalue weighted by atomic mass is 32.1. The summed E-state index contributed by atoms with van der Waals surface area (Å²) in [5.41, 5.74) is -1.31. The zero-order chi connectivity index (χ0) is 17.9. The van der Waals surface area contributed by atoms with Gasteiger partial charge in [0.25, 0.3) is 5.91 Å². The molecular weight excluding hydrogens is 361 g/mol. The van der Waals surface area contributed by atoms with Crippen LogP contribution in [0.25, 0.3) is 10.6 Å². The van der Waals surface area contributed by atoms with Crippen molar-refractivity contribution in [3.8, 4) is 16.3 Å². The Morgan fingerprint density at radius 3 is 2.64 bits per heavy atom. The van der Waals surface area contributed by atoms with E-state index in [0.717, 1.165) is 28.4 Å². The predicted octanol–water partition coefficient (Wildman–Crippen LogP) is 2.37. The second-order valence-electron chi connectivity index (χ2n) is 5.74. The van der Waals surface area contributed by atoms with Crippen molar-refractivity contribution < 1.29 is 28.0 Å². The van der Waals surface area contributed by atoms with Crippen LogP contribution in [-0.2, 0) is 11.3 Å². The SMILES string of the molecule is O=C1N(F)C(=O)C2(CC2)N1Cc1nnc(-c2ccc(F)c(O)c2F)s1. The summed E-state index contributed by atoms with van der Waals surface area (Å²) in [5, 5.41) is 16.8. The number of aromatic nitrogens is 2. The molecule has 11 heteroatoms. The average molecular weight is 370 g/mol. The molecule has 1 saturated carbocycles. The zero-order valence-corrected chi connectivity index (χ0v) is 13.2. The number of urea groups is 1. The first-order chi connectivity index (χ1) is 11.8. The van der Waals surface area contributed by atoms with Crippen molar-refractivity contribution in [3.05, 3.63) is 28.8 Å². The molecule has 2 aliphatic rings. The molecule has 0 radical (unpaired) electrons. The van der Waals surface area contributed by atoms with Gasteiger partial charge in [-0.15, -0.1) is 10.2 Å². The largest absolute Gasteiger partial charge is 0.503 e. The monoisotopic (exact) mass is 370 g/mol. The Morgan fingerprint density at radius 2 is 1.96 bits per heavy atom. The van der Waals surface area contributed by atoms with Gasteiger partial charge in [-0.3, -0.25) is 4.79 Å². The van der Waals surface area contributed by atoms with E-state index in [-0.39, 0.29) is 22.1 Å². The molecule has 7 nitrogen and oxygen atoms in total. The van der Waals surface area contributed by atoms with Gasteiger partial charge in [0.1, 0.15) is 10.5 Å². The number of amides is 3. The number of phenols is 1. The summed E-state index contributed by atoms with van der Waals surface area (Å²) in [5.74, 6) is -4.30. The molecule has 2 aromatic rings. The second kappa shape index (κ2) is 5.15. The third kappa shape index (κ3) is 2.18. The normalized spacial score (nSPS) is 18.5. The van der Waals surface area contributed by atoms with Crippen LogP contribution in [0, 0.1) is 11.6 Å². The van der Waals surface area contributed by atoms with Gasteiger partial charge >= 0.3 is 6.03 Å². The molecule has 1 N–H and O–H groups in total. The Balaban J connectivity index is 1.62. The molecule has 1 aromatic carbocycles. The highest BCUT2D eigenvalue weighted by Gasteiger charge is 2.65. The van der Waals surface area contributed by atoms with E-state index in [4.69, 9.17) is 0 Å². The summed E-state index contributed by atoms with van der Waals surface area (Å²) in [6, 6.07) is 0.924. The van der Waals surface area contributed by atoms with Crippen LogP contribution in [0.4, 0.5) is 18.1 Å². The van der Waals surface area contributed by atoms with E-state index < -0.39 is 40.0 Å². The maximum absolute atomic E-state index is 13.9. The van der Waals surface area contributed by atoms with Gasteiger partial charge in [0.05, 0.1) is 12.1 Å². The molecule has 0 bridgehead atoms. The van der Waals surface area contributed by atoms with Crippen molar-refractivity contribution in [2.24, 2.45) is 0 Å². The molecule has 2 heterocycles. The summed E-state index contributed by atoms with van der Waals surface area (Å²) in [4.78, 5) is 24.7. The van der Waals surface area contributed by atoms with Crippen LogP contribution >= 0.6 is 11.3 Å². The third-order valence-electron chi connectivity index (χ3n) is 4.27. The van der Waals surface area contributed by atoms with E-state index in [1.165, 1.54) is 0 Å². The van der Waals surface area contributed by atoms with Crippen molar-refractivity contribution in [1.29, 1.82) is 0 Å². The second-order valence-corrected chi connectivity index (χ2v) is 6.81. The lowest BCUT2D eigenvalue weighted by Gasteiger charge is -2.18. The molecule has 0 unspecified atom stereocenters. The van der Waals surface area contributed by atoms with Gasteiger partial charge < -0.3 is 10.0 Å². The van der Waals surface area contributed by atoms with Crippen molar-refractivity contribution in [2.45, 2.75) is 24.9 Å². The number of rotatable bonds is 3. The number of aromatic hydroxyl groups is 1. The fraction of sp³-hybridized carbons (Fsp3) is 0.286. The summed E-state index contributed by atoms with van der Waals surface area (Å²) in [6.45, 7) is -0.155. The van der Waals surface area contributed by atoms with E-state index in [1.807, 2.05) is 0 Å². The van der Waals surface area contributed by atoms with E-state index in [1.54, 1.807) is 0 Å². The molecular formula is C14H9F3N4O3S. The van der Waals surface area contributed by atoms with Crippen molar-refractivity contribution in [3.63, 3.8) is 0 Å². The van der Waals surface area contributed by atoms with Crippen LogP contribution in [-0.4, -0.2) is 42.8 Å². The van der Waals surface area contributed by atoms with Gasteiger partial charge in [-0.1, -0.05) is 20.9 Å². The Bertz CT molecular complexity index is 915. The molecule has 0 atom stereocenters. The van der Waals surface area contributed by atoms with Gasteiger partial charge in [-0.05, 0) is 25.0 Å². The molecule has 1 saturated heterocycles. The molecule has 25 heavy (non-hydrogen) atoms. The molecule has 3 amide bonds. The summed E-state index contributed by atoms with van der Waals surface area (Å²) < 4.78 is 40.6. The summed E-state index contributed by atoms with van der Waals surface area (Å²) >= 11 is 0.893. The van der Waals surface area contributed by atoms with E-state index in [2.05, 4.69) is 10.2 Å². The molecule has 130 valence electrons. The van der Waals surface area contributed by atoms with Gasteiger partial charge in [0, 0.05) is 0 Å². The van der Waals surface area contributed by atoms with Crippen LogP contribution in [0.2, 0.25) is 0 Å². The van der Waals surface area contributed by atoms with E-state index in [9.17, 15) is 28.0 Å². The minimum absolute atomic E-state index is 0.0581. The van der Waals surface area contributed by atoms with Crippen molar-refractivity contribution >= 4 is 23.3 Å². The van der Waals surface area contributed by atoms with Gasteiger partial charge in [0.2, 0.25) is 0 Å². The molecule has 4 rings (SSSR count). The minimum atomic E-state index is -1.18. The number of nitrogens with zero attached hydrogens (tertiary/aromatic N) is 4. The molecule has 1 spiro atoms. The average Bonchev–Trinajstić information content (AvgIpc) is 3.24. The first-order valence-electron chi connectivity index (χ1n) is 7.17. The Labute approximate surface area is 142 Å². The highest BCUT2D eigenvalue weighted by Crippen LogP contribution is 2.49. The number of carbonyl (C=O) groups is 2. The topological polar surface area (TPSA) is 86.6 Å².